The highest BCUT2D eigenvalue weighted by Crippen LogP contribution is 2.28. The van der Waals surface area contributed by atoms with Crippen LogP contribution in [0.4, 0.5) is 10.1 Å². The molecule has 1 aliphatic carbocycles. The number of para-hydroxylation sites is 1. The molecule has 2 amide bonds. The fraction of sp³-hybridized carbons (Fsp3) is 0.346. The zero-order valence-corrected chi connectivity index (χ0v) is 20.1. The van der Waals surface area contributed by atoms with Crippen LogP contribution in [0.3, 0.4) is 0 Å². The van der Waals surface area contributed by atoms with E-state index in [0.29, 0.717) is 42.6 Å². The van der Waals surface area contributed by atoms with Gasteiger partial charge in [-0.15, -0.1) is 0 Å². The average Bonchev–Trinajstić information content (AvgIpc) is 3.26. The molecule has 1 saturated heterocycles. The Morgan fingerprint density at radius 2 is 1.69 bits per heavy atom. The SMILES string of the molecule is O=C(CN1CCN(C(=O)c2nn(-c3ccc(F)cc3)c3c2CCCC3)CC1)Nc1ccccc1Cl. The molecule has 2 aliphatic rings. The summed E-state index contributed by atoms with van der Waals surface area (Å²) in [5, 5.41) is 8.05. The predicted molar refractivity (Wildman–Crippen MR) is 133 cm³/mol. The van der Waals surface area contributed by atoms with Crippen molar-refractivity contribution in [3.05, 3.63) is 76.3 Å². The minimum atomic E-state index is -0.301. The van der Waals surface area contributed by atoms with E-state index in [-0.39, 0.29) is 24.2 Å². The van der Waals surface area contributed by atoms with Gasteiger partial charge in [0.05, 0.1) is 22.9 Å². The van der Waals surface area contributed by atoms with Crippen LogP contribution in [0.2, 0.25) is 5.02 Å². The lowest BCUT2D eigenvalue weighted by Crippen LogP contribution is -2.50. The largest absolute Gasteiger partial charge is 0.335 e. The van der Waals surface area contributed by atoms with Crippen molar-refractivity contribution < 1.29 is 14.0 Å². The van der Waals surface area contributed by atoms with Crippen molar-refractivity contribution in [1.82, 2.24) is 19.6 Å². The first kappa shape index (κ1) is 23.5. The van der Waals surface area contributed by atoms with Crippen LogP contribution >= 0.6 is 11.6 Å². The van der Waals surface area contributed by atoms with Crippen LogP contribution < -0.4 is 5.32 Å². The van der Waals surface area contributed by atoms with Gasteiger partial charge in [0.1, 0.15) is 5.82 Å². The normalized spacial score (nSPS) is 16.1. The van der Waals surface area contributed by atoms with Crippen molar-refractivity contribution in [3.63, 3.8) is 0 Å². The van der Waals surface area contributed by atoms with E-state index in [1.165, 1.54) is 12.1 Å². The standard InChI is InChI=1S/C26H27ClFN5O2/c27-21-6-2-3-7-22(21)29-24(34)17-31-13-15-32(16-14-31)26(35)25-20-5-1-4-8-23(20)33(30-25)19-11-9-18(28)10-12-19/h2-3,6-7,9-12H,1,4-5,8,13-17H2,(H,29,34). The van der Waals surface area contributed by atoms with Gasteiger partial charge in [0.25, 0.3) is 5.91 Å². The number of carbonyl (C=O) groups excluding carboxylic acids is 2. The molecule has 0 radical (unpaired) electrons. The van der Waals surface area contributed by atoms with Crippen LogP contribution in [-0.4, -0.2) is 64.1 Å². The van der Waals surface area contributed by atoms with Crippen LogP contribution in [-0.2, 0) is 17.6 Å². The average molecular weight is 496 g/mol. The van der Waals surface area contributed by atoms with Gasteiger partial charge in [-0.1, -0.05) is 23.7 Å². The molecular weight excluding hydrogens is 469 g/mol. The fourth-order valence-corrected chi connectivity index (χ4v) is 4.96. The van der Waals surface area contributed by atoms with E-state index >= 15 is 0 Å². The van der Waals surface area contributed by atoms with Crippen molar-refractivity contribution in [3.8, 4) is 5.69 Å². The van der Waals surface area contributed by atoms with Gasteiger partial charge in [-0.3, -0.25) is 14.5 Å². The Bertz CT molecular complexity index is 1240. The summed E-state index contributed by atoms with van der Waals surface area (Å²) in [5.74, 6) is -0.515. The maximum absolute atomic E-state index is 13.5. The van der Waals surface area contributed by atoms with Crippen LogP contribution in [0.1, 0.15) is 34.6 Å². The summed E-state index contributed by atoms with van der Waals surface area (Å²) in [6.45, 7) is 2.49. The number of aromatic nitrogens is 2. The minimum absolute atomic E-state index is 0.0795. The molecular formula is C26H27ClFN5O2. The van der Waals surface area contributed by atoms with E-state index in [1.54, 1.807) is 28.9 Å². The van der Waals surface area contributed by atoms with Gasteiger partial charge in [-0.25, -0.2) is 9.07 Å². The molecule has 1 N–H and O–H groups in total. The van der Waals surface area contributed by atoms with Gasteiger partial charge in [0.15, 0.2) is 5.69 Å². The maximum Gasteiger partial charge on any atom is 0.274 e. The van der Waals surface area contributed by atoms with Gasteiger partial charge in [-0.2, -0.15) is 5.10 Å². The maximum atomic E-state index is 13.5. The zero-order valence-electron chi connectivity index (χ0n) is 19.3. The van der Waals surface area contributed by atoms with Gasteiger partial charge in [-0.05, 0) is 62.1 Å². The molecule has 0 atom stereocenters. The Hall–Kier alpha value is -3.23. The monoisotopic (exact) mass is 495 g/mol. The molecule has 9 heteroatoms. The molecule has 0 unspecified atom stereocenters. The molecule has 0 spiro atoms. The van der Waals surface area contributed by atoms with Crippen molar-refractivity contribution in [2.45, 2.75) is 25.7 Å². The number of nitrogens with zero attached hydrogens (tertiary/aromatic N) is 4. The summed E-state index contributed by atoms with van der Waals surface area (Å²) in [4.78, 5) is 29.8. The number of anilines is 1. The lowest BCUT2D eigenvalue weighted by molar-refractivity contribution is -0.117. The van der Waals surface area contributed by atoms with Crippen LogP contribution in [0.25, 0.3) is 5.69 Å². The molecule has 182 valence electrons. The first-order valence-corrected chi connectivity index (χ1v) is 12.3. The summed E-state index contributed by atoms with van der Waals surface area (Å²) in [6, 6.07) is 13.3. The Balaban J connectivity index is 1.24. The number of rotatable bonds is 5. The number of benzene rings is 2. The van der Waals surface area contributed by atoms with Crippen LogP contribution in [0, 0.1) is 5.82 Å². The summed E-state index contributed by atoms with van der Waals surface area (Å²) in [7, 11) is 0. The minimum Gasteiger partial charge on any atom is -0.335 e. The van der Waals surface area contributed by atoms with Crippen molar-refractivity contribution >= 4 is 29.1 Å². The van der Waals surface area contributed by atoms with Gasteiger partial charge < -0.3 is 10.2 Å². The lowest BCUT2D eigenvalue weighted by atomic mass is 9.95. The molecule has 2 aromatic carbocycles. The molecule has 0 saturated carbocycles. The Morgan fingerprint density at radius 3 is 2.43 bits per heavy atom. The third-order valence-electron chi connectivity index (χ3n) is 6.63. The van der Waals surface area contributed by atoms with Crippen molar-refractivity contribution in [2.75, 3.05) is 38.0 Å². The number of hydrogen-bond acceptors (Lipinski definition) is 4. The summed E-state index contributed by atoms with van der Waals surface area (Å²) in [5.41, 5.74) is 3.90. The highest BCUT2D eigenvalue weighted by Gasteiger charge is 2.30. The molecule has 2 heterocycles. The highest BCUT2D eigenvalue weighted by molar-refractivity contribution is 6.33. The smallest absolute Gasteiger partial charge is 0.274 e. The molecule has 1 fully saturated rings. The molecule has 1 aromatic heterocycles. The van der Waals surface area contributed by atoms with E-state index in [4.69, 9.17) is 16.7 Å². The highest BCUT2D eigenvalue weighted by atomic mass is 35.5. The summed E-state index contributed by atoms with van der Waals surface area (Å²) in [6.07, 6.45) is 3.74. The van der Waals surface area contributed by atoms with E-state index in [0.717, 1.165) is 42.6 Å². The Labute approximate surface area is 208 Å². The van der Waals surface area contributed by atoms with Crippen molar-refractivity contribution in [2.24, 2.45) is 0 Å². The fourth-order valence-electron chi connectivity index (χ4n) is 4.78. The molecule has 3 aromatic rings. The van der Waals surface area contributed by atoms with Crippen molar-refractivity contribution in [1.29, 1.82) is 0 Å². The number of amides is 2. The molecule has 35 heavy (non-hydrogen) atoms. The van der Waals surface area contributed by atoms with E-state index in [1.807, 2.05) is 21.9 Å². The zero-order chi connectivity index (χ0) is 24.4. The van der Waals surface area contributed by atoms with E-state index < -0.39 is 0 Å². The Kier molecular flexibility index (Phi) is 6.83. The van der Waals surface area contributed by atoms with Crippen LogP contribution in [0.5, 0.6) is 0 Å². The predicted octanol–water partition coefficient (Wildman–Crippen LogP) is 3.94. The number of carbonyl (C=O) groups is 2. The third-order valence-corrected chi connectivity index (χ3v) is 6.96. The second-order valence-corrected chi connectivity index (χ2v) is 9.37. The van der Waals surface area contributed by atoms with Crippen LogP contribution in [0.15, 0.2) is 48.5 Å². The first-order chi connectivity index (χ1) is 17.0. The summed E-state index contributed by atoms with van der Waals surface area (Å²) >= 11 is 6.12. The van der Waals surface area contributed by atoms with E-state index in [9.17, 15) is 14.0 Å². The van der Waals surface area contributed by atoms with Gasteiger partial charge in [0.2, 0.25) is 5.91 Å². The lowest BCUT2D eigenvalue weighted by Gasteiger charge is -2.34. The second-order valence-electron chi connectivity index (χ2n) is 8.97. The molecule has 5 rings (SSSR count). The molecule has 1 aliphatic heterocycles. The first-order valence-electron chi connectivity index (χ1n) is 11.9. The number of halogens is 2. The quantitative estimate of drug-likeness (QED) is 0.582. The number of hydrogen-bond donors (Lipinski definition) is 1. The second kappa shape index (κ2) is 10.2. The van der Waals surface area contributed by atoms with E-state index in [2.05, 4.69) is 5.32 Å². The number of nitrogens with one attached hydrogen (secondary N) is 1. The number of fused-ring (bicyclic) bond motifs is 1. The Morgan fingerprint density at radius 1 is 0.971 bits per heavy atom. The number of piperazine rings is 1. The van der Waals surface area contributed by atoms with Gasteiger partial charge >= 0.3 is 0 Å². The molecule has 7 nitrogen and oxygen atoms in total. The van der Waals surface area contributed by atoms with Gasteiger partial charge in [0, 0.05) is 37.4 Å². The third kappa shape index (κ3) is 5.09. The topological polar surface area (TPSA) is 70.5 Å². The molecule has 0 bridgehead atoms. The summed E-state index contributed by atoms with van der Waals surface area (Å²) < 4.78 is 15.2.